The number of ether oxygens (including phenoxy) is 1. The van der Waals surface area contributed by atoms with Gasteiger partial charge in [0.1, 0.15) is 16.7 Å². The second kappa shape index (κ2) is 12.7. The van der Waals surface area contributed by atoms with E-state index in [1.165, 1.54) is 25.3 Å². The van der Waals surface area contributed by atoms with Crippen LogP contribution in [-0.2, 0) is 22.6 Å². The third-order valence-corrected chi connectivity index (χ3v) is 7.54. The van der Waals surface area contributed by atoms with Crippen LogP contribution >= 0.6 is 57.9 Å². The van der Waals surface area contributed by atoms with Gasteiger partial charge in [-0.05, 0) is 48.4 Å². The van der Waals surface area contributed by atoms with Crippen molar-refractivity contribution >= 4 is 75.5 Å². The Morgan fingerprint density at radius 2 is 1.89 bits per heavy atom. The zero-order valence-corrected chi connectivity index (χ0v) is 22.4. The third kappa shape index (κ3) is 7.10. The molecular formula is C21H18Cl3FN4O5S2. The number of carbonyl (C=O) groups is 2. The Morgan fingerprint density at radius 3 is 2.53 bits per heavy atom. The Labute approximate surface area is 227 Å². The lowest BCUT2D eigenvalue weighted by Crippen LogP contribution is -2.31. The normalized spacial score (nSPS) is 13.0. The van der Waals surface area contributed by atoms with Crippen molar-refractivity contribution < 1.29 is 23.8 Å². The summed E-state index contributed by atoms with van der Waals surface area (Å²) in [4.78, 5) is 42.4. The predicted octanol–water partition coefficient (Wildman–Crippen LogP) is 4.88. The average Bonchev–Trinajstić information content (AvgIpc) is 3.17. The molecule has 15 heteroatoms. The summed E-state index contributed by atoms with van der Waals surface area (Å²) in [6, 6.07) is 5.46. The molecule has 2 aromatic heterocycles. The Morgan fingerprint density at radius 1 is 1.19 bits per heavy atom. The molecule has 4 rings (SSSR count). The number of thioether (sulfide) groups is 1. The molecular weight excluding hydrogens is 578 g/mol. The minimum atomic E-state index is -1.18. The smallest absolute Gasteiger partial charge is 0.356 e. The molecule has 3 heterocycles. The Balaban J connectivity index is 0.000000275. The van der Waals surface area contributed by atoms with E-state index in [9.17, 15) is 18.8 Å². The van der Waals surface area contributed by atoms with Crippen molar-refractivity contribution in [3.05, 3.63) is 65.4 Å². The number of aromatic nitrogens is 3. The van der Waals surface area contributed by atoms with Crippen molar-refractivity contribution in [2.45, 2.75) is 30.8 Å². The van der Waals surface area contributed by atoms with Crippen LogP contribution in [0.3, 0.4) is 0 Å². The number of carboxylic acid groups (broad SMARTS) is 1. The van der Waals surface area contributed by atoms with Gasteiger partial charge in [-0.3, -0.25) is 14.3 Å². The fourth-order valence-electron chi connectivity index (χ4n) is 3.00. The molecule has 0 saturated heterocycles. The number of nitrogens with zero attached hydrogens (tertiary/aromatic N) is 4. The van der Waals surface area contributed by atoms with E-state index in [1.54, 1.807) is 9.36 Å². The number of benzene rings is 1. The van der Waals surface area contributed by atoms with Crippen LogP contribution in [0.25, 0.3) is 0 Å². The van der Waals surface area contributed by atoms with Crippen LogP contribution in [0.4, 0.5) is 10.1 Å². The number of hydrogen-bond acceptors (Lipinski definition) is 8. The highest BCUT2D eigenvalue weighted by Gasteiger charge is 2.15. The van der Waals surface area contributed by atoms with Gasteiger partial charge in [0.2, 0.25) is 4.80 Å². The largest absolute Gasteiger partial charge is 0.476 e. The lowest BCUT2D eigenvalue weighted by atomic mass is 10.3. The van der Waals surface area contributed by atoms with Crippen LogP contribution in [0.2, 0.25) is 15.2 Å². The first-order chi connectivity index (χ1) is 17.1. The summed E-state index contributed by atoms with van der Waals surface area (Å²) in [5.41, 5.74) is -0.140. The summed E-state index contributed by atoms with van der Waals surface area (Å²) >= 11 is 19.1. The molecule has 0 radical (unpaired) electrons. The number of carboxylic acids is 1. The van der Waals surface area contributed by atoms with E-state index < -0.39 is 17.8 Å². The van der Waals surface area contributed by atoms with Crippen molar-refractivity contribution in [3.8, 4) is 0 Å². The number of aromatic carboxylic acids is 1. The summed E-state index contributed by atoms with van der Waals surface area (Å²) in [7, 11) is 1.30. The van der Waals surface area contributed by atoms with Crippen LogP contribution in [0.5, 0.6) is 0 Å². The number of carbonyl (C=O) groups excluding carboxylic acids is 1. The summed E-state index contributed by atoms with van der Waals surface area (Å²) in [6.07, 6.45) is 1.90. The average molecular weight is 596 g/mol. The standard InChI is InChI=1S/C15H15ClFN3O3S2.C6H3Cl2NO2/c1-23-13(21)8-24-12-7-11(10(17)6-9(12)16)18-14-19-4-2-3-5-20(19)15(22)25-14;7-3-1-2-4(8)9-5(3)6(10)11/h6-7H,2-5,8H2,1H3;1-2H,(H,10,11)/b18-14-;. The Hall–Kier alpha value is -2.38. The molecule has 36 heavy (non-hydrogen) atoms. The summed E-state index contributed by atoms with van der Waals surface area (Å²) in [6.45, 7) is 1.32. The van der Waals surface area contributed by atoms with Gasteiger partial charge >= 0.3 is 16.8 Å². The molecule has 1 aliphatic rings. The molecule has 3 aromatic rings. The van der Waals surface area contributed by atoms with Gasteiger partial charge in [-0.15, -0.1) is 11.8 Å². The first-order valence-corrected chi connectivity index (χ1v) is 13.1. The van der Waals surface area contributed by atoms with Crippen molar-refractivity contribution in [3.63, 3.8) is 0 Å². The molecule has 1 aromatic carbocycles. The number of rotatable bonds is 5. The van der Waals surface area contributed by atoms with Gasteiger partial charge in [-0.1, -0.05) is 34.8 Å². The molecule has 0 aliphatic carbocycles. The van der Waals surface area contributed by atoms with Gasteiger partial charge < -0.3 is 9.84 Å². The topological polar surface area (TPSA) is 116 Å². The van der Waals surface area contributed by atoms with Crippen LogP contribution in [0.15, 0.2) is 38.9 Å². The molecule has 0 saturated carbocycles. The van der Waals surface area contributed by atoms with Crippen molar-refractivity contribution in [1.82, 2.24) is 14.3 Å². The number of esters is 1. The van der Waals surface area contributed by atoms with Crippen molar-refractivity contribution in [1.29, 1.82) is 0 Å². The summed E-state index contributed by atoms with van der Waals surface area (Å²) < 4.78 is 22.3. The van der Waals surface area contributed by atoms with Gasteiger partial charge in [-0.25, -0.2) is 23.8 Å². The maximum Gasteiger partial charge on any atom is 0.356 e. The Bertz CT molecular complexity index is 1420. The predicted molar refractivity (Wildman–Crippen MR) is 136 cm³/mol. The van der Waals surface area contributed by atoms with E-state index >= 15 is 0 Å². The second-order valence-electron chi connectivity index (χ2n) is 7.08. The molecule has 0 fully saturated rings. The van der Waals surface area contributed by atoms with Crippen LogP contribution < -0.4 is 9.67 Å². The third-order valence-electron chi connectivity index (χ3n) is 4.70. The first-order valence-electron chi connectivity index (χ1n) is 10.2. The minimum Gasteiger partial charge on any atom is -0.476 e. The number of halogens is 4. The molecule has 0 amide bonds. The fraction of sp³-hybridized carbons (Fsp3) is 0.286. The fourth-order valence-corrected chi connectivity index (χ4v) is 5.32. The lowest BCUT2D eigenvalue weighted by Gasteiger charge is -2.15. The summed E-state index contributed by atoms with van der Waals surface area (Å²) in [5, 5.41) is 8.89. The molecule has 192 valence electrons. The van der Waals surface area contributed by atoms with Crippen molar-refractivity contribution in [2.75, 3.05) is 12.9 Å². The molecule has 0 atom stereocenters. The van der Waals surface area contributed by atoms with Crippen LogP contribution in [0, 0.1) is 5.82 Å². The van der Waals surface area contributed by atoms with E-state index in [1.807, 2.05) is 0 Å². The molecule has 0 spiro atoms. The number of pyridine rings is 1. The lowest BCUT2D eigenvalue weighted by molar-refractivity contribution is -0.137. The molecule has 1 N–H and O–H groups in total. The Kier molecular flexibility index (Phi) is 9.97. The summed E-state index contributed by atoms with van der Waals surface area (Å²) in [5.74, 6) is -2.11. The molecule has 9 nitrogen and oxygen atoms in total. The quantitative estimate of drug-likeness (QED) is 0.254. The highest BCUT2D eigenvalue weighted by molar-refractivity contribution is 8.00. The zero-order chi connectivity index (χ0) is 26.4. The van der Waals surface area contributed by atoms with E-state index in [0.717, 1.165) is 42.0 Å². The SMILES string of the molecule is COC(=O)CSc1cc(/N=c2\sc(=O)n3n2CCCC3)c(F)cc1Cl.O=C(O)c1nc(Cl)ccc1Cl. The number of fused-ring (bicyclic) bond motifs is 1. The first kappa shape index (κ1) is 28.2. The van der Waals surface area contributed by atoms with Gasteiger partial charge in [0.15, 0.2) is 5.69 Å². The van der Waals surface area contributed by atoms with Crippen LogP contribution in [-0.4, -0.2) is 44.3 Å². The molecule has 0 bridgehead atoms. The van der Waals surface area contributed by atoms with Crippen LogP contribution in [0.1, 0.15) is 23.3 Å². The van der Waals surface area contributed by atoms with E-state index in [0.29, 0.717) is 22.8 Å². The molecule has 0 unspecified atom stereocenters. The maximum absolute atomic E-state index is 14.3. The maximum atomic E-state index is 14.3. The van der Waals surface area contributed by atoms with E-state index in [2.05, 4.69) is 14.7 Å². The highest BCUT2D eigenvalue weighted by Crippen LogP contribution is 2.33. The van der Waals surface area contributed by atoms with Gasteiger partial charge in [-0.2, -0.15) is 0 Å². The van der Waals surface area contributed by atoms with Gasteiger partial charge in [0.05, 0.1) is 22.9 Å². The zero-order valence-electron chi connectivity index (χ0n) is 18.5. The van der Waals surface area contributed by atoms with E-state index in [4.69, 9.17) is 39.9 Å². The monoisotopic (exact) mass is 594 g/mol. The highest BCUT2D eigenvalue weighted by atomic mass is 35.5. The van der Waals surface area contributed by atoms with Crippen molar-refractivity contribution in [2.24, 2.45) is 4.99 Å². The van der Waals surface area contributed by atoms with Gasteiger partial charge in [0.25, 0.3) is 0 Å². The second-order valence-corrected chi connectivity index (χ2v) is 10.2. The van der Waals surface area contributed by atoms with E-state index in [-0.39, 0.29) is 37.2 Å². The number of methoxy groups -OCH3 is 1. The van der Waals surface area contributed by atoms with Gasteiger partial charge in [0, 0.05) is 18.0 Å². The minimum absolute atomic E-state index is 0.0605. The number of hydrogen-bond donors (Lipinski definition) is 1. The molecule has 1 aliphatic heterocycles.